The van der Waals surface area contributed by atoms with Crippen LogP contribution in [0.1, 0.15) is 78.1 Å². The van der Waals surface area contributed by atoms with Crippen LogP contribution in [0.3, 0.4) is 0 Å². The van der Waals surface area contributed by atoms with Crippen molar-refractivity contribution in [3.63, 3.8) is 0 Å². The minimum Gasteiger partial charge on any atom is -0.0688 e. The summed E-state index contributed by atoms with van der Waals surface area (Å²) < 4.78 is 0. The highest BCUT2D eigenvalue weighted by Crippen LogP contribution is 2.35. The Morgan fingerprint density at radius 2 is 1.33 bits per heavy atom. The highest BCUT2D eigenvalue weighted by atomic mass is 14.2. The van der Waals surface area contributed by atoms with E-state index < -0.39 is 0 Å². The number of hydrogen-bond acceptors (Lipinski definition) is 0. The molecule has 1 heteroatoms. The van der Waals surface area contributed by atoms with Crippen LogP contribution in [0, 0.1) is 5.92 Å². The van der Waals surface area contributed by atoms with Gasteiger partial charge in [-0.05, 0) is 5.92 Å². The van der Waals surface area contributed by atoms with Gasteiger partial charge < -0.3 is 0 Å². The maximum atomic E-state index is 6.29. The highest BCUT2D eigenvalue weighted by Gasteiger charge is 2.16. The molecule has 2 atom stereocenters. The third-order valence-corrected chi connectivity index (χ3v) is 3.89. The molecule has 86 valence electrons. The molecule has 0 nitrogen and oxygen atoms in total. The van der Waals surface area contributed by atoms with Crippen LogP contribution in [0.4, 0.5) is 0 Å². The Morgan fingerprint density at radius 3 is 2.00 bits per heavy atom. The SMILES string of the molecule is [B]C1(C)CCCCCCC(C)CCCC1. The predicted octanol–water partition coefficient (Wildman–Crippen LogP) is 4.88. The maximum Gasteiger partial charge on any atom is 0.0742 e. The van der Waals surface area contributed by atoms with Gasteiger partial charge >= 0.3 is 0 Å². The summed E-state index contributed by atoms with van der Waals surface area (Å²) in [5, 5.41) is 0.114. The van der Waals surface area contributed by atoms with Gasteiger partial charge in [0.1, 0.15) is 0 Å². The van der Waals surface area contributed by atoms with E-state index in [1.807, 2.05) is 0 Å². The van der Waals surface area contributed by atoms with E-state index in [0.29, 0.717) is 0 Å². The predicted molar refractivity (Wildman–Crippen MR) is 69.5 cm³/mol. The van der Waals surface area contributed by atoms with Crippen molar-refractivity contribution < 1.29 is 0 Å². The Labute approximate surface area is 97.6 Å². The summed E-state index contributed by atoms with van der Waals surface area (Å²) in [4.78, 5) is 0. The van der Waals surface area contributed by atoms with E-state index in [1.54, 1.807) is 0 Å². The minimum absolute atomic E-state index is 0.114. The van der Waals surface area contributed by atoms with E-state index >= 15 is 0 Å². The van der Waals surface area contributed by atoms with Crippen molar-refractivity contribution in [2.75, 3.05) is 0 Å². The average molecular weight is 206 g/mol. The molecule has 1 rings (SSSR count). The lowest BCUT2D eigenvalue weighted by Gasteiger charge is -2.26. The fourth-order valence-electron chi connectivity index (χ4n) is 2.67. The first kappa shape index (κ1) is 13.1. The van der Waals surface area contributed by atoms with Gasteiger partial charge in [0, 0.05) is 0 Å². The molecule has 0 N–H and O–H groups in total. The zero-order chi connectivity index (χ0) is 11.1. The standard InChI is InChI=1S/C14H27B/c1-13-9-5-3-4-7-11-14(2,15)12-8-6-10-13/h13H,3-12H2,1-2H3. The van der Waals surface area contributed by atoms with Gasteiger partial charge in [0.05, 0.1) is 7.85 Å². The van der Waals surface area contributed by atoms with Crippen molar-refractivity contribution in [3.05, 3.63) is 0 Å². The van der Waals surface area contributed by atoms with E-state index in [9.17, 15) is 0 Å². The Hall–Kier alpha value is 0.0649. The van der Waals surface area contributed by atoms with E-state index in [4.69, 9.17) is 7.85 Å². The molecule has 0 aromatic carbocycles. The second kappa shape index (κ2) is 6.61. The van der Waals surface area contributed by atoms with Gasteiger partial charge in [-0.15, -0.1) is 0 Å². The largest absolute Gasteiger partial charge is 0.0742 e. The Bertz CT molecular complexity index is 163. The topological polar surface area (TPSA) is 0 Å². The van der Waals surface area contributed by atoms with Crippen molar-refractivity contribution in [2.24, 2.45) is 5.92 Å². The van der Waals surface area contributed by atoms with Crippen LogP contribution in [0.2, 0.25) is 5.31 Å². The van der Waals surface area contributed by atoms with E-state index in [-0.39, 0.29) is 5.31 Å². The van der Waals surface area contributed by atoms with E-state index in [1.165, 1.54) is 64.2 Å². The molecule has 15 heavy (non-hydrogen) atoms. The van der Waals surface area contributed by atoms with Crippen LogP contribution in [-0.2, 0) is 0 Å². The van der Waals surface area contributed by atoms with Crippen molar-refractivity contribution >= 4 is 7.85 Å². The lowest BCUT2D eigenvalue weighted by Crippen LogP contribution is -2.09. The first-order valence-corrected chi connectivity index (χ1v) is 6.89. The Balaban J connectivity index is 2.31. The molecule has 0 aromatic heterocycles. The molecule has 0 spiro atoms. The summed E-state index contributed by atoms with van der Waals surface area (Å²) in [6.45, 7) is 4.65. The molecule has 0 heterocycles. The molecule has 0 aromatic rings. The van der Waals surface area contributed by atoms with Gasteiger partial charge in [-0.2, -0.15) is 0 Å². The highest BCUT2D eigenvalue weighted by molar-refractivity contribution is 6.14. The first-order chi connectivity index (χ1) is 7.10. The third kappa shape index (κ3) is 6.27. The molecular formula is C14H27B. The van der Waals surface area contributed by atoms with Crippen molar-refractivity contribution in [1.82, 2.24) is 0 Å². The molecule has 0 bridgehead atoms. The van der Waals surface area contributed by atoms with Crippen molar-refractivity contribution in [1.29, 1.82) is 0 Å². The van der Waals surface area contributed by atoms with Crippen LogP contribution in [0.5, 0.6) is 0 Å². The monoisotopic (exact) mass is 206 g/mol. The summed E-state index contributed by atoms with van der Waals surface area (Å²) in [5.41, 5.74) is 0. The first-order valence-electron chi connectivity index (χ1n) is 6.89. The van der Waals surface area contributed by atoms with E-state index in [0.717, 1.165) is 5.92 Å². The zero-order valence-corrected chi connectivity index (χ0v) is 10.7. The lowest BCUT2D eigenvalue weighted by atomic mass is 9.64. The molecule has 0 aliphatic heterocycles. The van der Waals surface area contributed by atoms with Crippen molar-refractivity contribution in [2.45, 2.75) is 83.4 Å². The fraction of sp³-hybridized carbons (Fsp3) is 1.00. The summed E-state index contributed by atoms with van der Waals surface area (Å²) in [5.74, 6) is 0.938. The van der Waals surface area contributed by atoms with Gasteiger partial charge in [-0.1, -0.05) is 83.4 Å². The zero-order valence-electron chi connectivity index (χ0n) is 10.7. The quantitative estimate of drug-likeness (QED) is 0.495. The molecule has 0 amide bonds. The van der Waals surface area contributed by atoms with Crippen LogP contribution in [-0.4, -0.2) is 7.85 Å². The molecule has 2 unspecified atom stereocenters. The van der Waals surface area contributed by atoms with Crippen LogP contribution < -0.4 is 0 Å². The number of hydrogen-bond donors (Lipinski definition) is 0. The van der Waals surface area contributed by atoms with Gasteiger partial charge in [-0.25, -0.2) is 0 Å². The minimum atomic E-state index is 0.114. The van der Waals surface area contributed by atoms with Crippen LogP contribution >= 0.6 is 0 Å². The summed E-state index contributed by atoms with van der Waals surface area (Å²) in [7, 11) is 6.29. The smallest absolute Gasteiger partial charge is 0.0688 e. The fourth-order valence-corrected chi connectivity index (χ4v) is 2.67. The molecule has 2 radical (unpaired) electrons. The van der Waals surface area contributed by atoms with E-state index in [2.05, 4.69) is 13.8 Å². The van der Waals surface area contributed by atoms with Gasteiger partial charge in [-0.3, -0.25) is 0 Å². The van der Waals surface area contributed by atoms with Gasteiger partial charge in [0.25, 0.3) is 0 Å². The van der Waals surface area contributed by atoms with Crippen LogP contribution in [0.25, 0.3) is 0 Å². The second-order valence-electron chi connectivity index (χ2n) is 5.96. The molecular weight excluding hydrogens is 179 g/mol. The average Bonchev–Trinajstić information content (AvgIpc) is 2.16. The molecule has 1 aliphatic rings. The molecule has 0 saturated heterocycles. The molecule has 1 aliphatic carbocycles. The summed E-state index contributed by atoms with van der Waals surface area (Å²) >= 11 is 0. The van der Waals surface area contributed by atoms with Gasteiger partial charge in [0.15, 0.2) is 0 Å². The molecule has 1 fully saturated rings. The lowest BCUT2D eigenvalue weighted by molar-refractivity contribution is 0.392. The normalized spacial score (nSPS) is 36.5. The maximum absolute atomic E-state index is 6.29. The summed E-state index contributed by atoms with van der Waals surface area (Å²) in [6.07, 6.45) is 13.6. The third-order valence-electron chi connectivity index (χ3n) is 3.89. The molecule has 1 saturated carbocycles. The van der Waals surface area contributed by atoms with Crippen LogP contribution in [0.15, 0.2) is 0 Å². The Morgan fingerprint density at radius 1 is 0.867 bits per heavy atom. The number of rotatable bonds is 0. The van der Waals surface area contributed by atoms with Gasteiger partial charge in [0.2, 0.25) is 0 Å². The second-order valence-corrected chi connectivity index (χ2v) is 5.96. The Kier molecular flexibility index (Phi) is 5.78. The van der Waals surface area contributed by atoms with Crippen molar-refractivity contribution in [3.8, 4) is 0 Å². The summed E-state index contributed by atoms with van der Waals surface area (Å²) in [6, 6.07) is 0.